The summed E-state index contributed by atoms with van der Waals surface area (Å²) in [5, 5.41) is 14.2. The smallest absolute Gasteiger partial charge is 0.490 e. The van der Waals surface area contributed by atoms with Crippen molar-refractivity contribution in [3.8, 4) is 5.75 Å². The van der Waals surface area contributed by atoms with E-state index in [1.807, 2.05) is 12.1 Å². The first-order chi connectivity index (χ1) is 17.2. The number of aliphatic carboxylic acids is 2. The van der Waals surface area contributed by atoms with E-state index in [9.17, 15) is 26.3 Å². The van der Waals surface area contributed by atoms with E-state index in [1.165, 1.54) is 5.56 Å². The highest BCUT2D eigenvalue weighted by atomic mass is 19.4. The Hall–Kier alpha value is -2.62. The van der Waals surface area contributed by atoms with Gasteiger partial charge in [0.25, 0.3) is 0 Å². The van der Waals surface area contributed by atoms with Gasteiger partial charge < -0.3 is 24.4 Å². The molecule has 0 unspecified atom stereocenters. The molecule has 2 fully saturated rings. The third kappa shape index (κ3) is 11.5. The Kier molecular flexibility index (Phi) is 13.1. The number of carboxylic acids is 2. The van der Waals surface area contributed by atoms with Gasteiger partial charge in [0.05, 0.1) is 26.4 Å². The maximum Gasteiger partial charge on any atom is 0.490 e. The molecule has 212 valence electrons. The molecule has 15 heteroatoms. The predicted molar refractivity (Wildman–Crippen MR) is 117 cm³/mol. The first kappa shape index (κ1) is 32.4. The minimum absolute atomic E-state index is 0.370. The maximum absolute atomic E-state index is 10.6. The minimum Gasteiger partial charge on any atom is -0.496 e. The highest BCUT2D eigenvalue weighted by molar-refractivity contribution is 5.73. The van der Waals surface area contributed by atoms with Crippen LogP contribution in [0.15, 0.2) is 24.3 Å². The number of methoxy groups -OCH3 is 2. The van der Waals surface area contributed by atoms with E-state index >= 15 is 0 Å². The number of fused-ring (bicyclic) bond motifs is 1. The lowest BCUT2D eigenvalue weighted by atomic mass is 9.98. The molecule has 2 atom stereocenters. The Balaban J connectivity index is 0.000000404. The summed E-state index contributed by atoms with van der Waals surface area (Å²) in [7, 11) is 3.51. The molecule has 2 N–H and O–H groups in total. The molecule has 0 amide bonds. The van der Waals surface area contributed by atoms with Gasteiger partial charge in [0, 0.05) is 51.4 Å². The van der Waals surface area contributed by atoms with Gasteiger partial charge >= 0.3 is 24.3 Å². The van der Waals surface area contributed by atoms with Crippen LogP contribution in [0.2, 0.25) is 0 Å². The van der Waals surface area contributed by atoms with Crippen LogP contribution in [0.25, 0.3) is 0 Å². The number of ether oxygens (including phenoxy) is 3. The normalized spacial score (nSPS) is 20.4. The fourth-order valence-electron chi connectivity index (χ4n) is 3.71. The van der Waals surface area contributed by atoms with Crippen molar-refractivity contribution in [2.24, 2.45) is 0 Å². The van der Waals surface area contributed by atoms with Crippen molar-refractivity contribution in [2.45, 2.75) is 37.5 Å². The standard InChI is InChI=1S/C18H28N2O3.2C2HF3O2/c1-21-11-9-20-10-12-23-18-7-8-19(14-16(18)20)13-15-5-3-4-6-17(15)22-2;2*3-2(4,5)1(6)7/h3-6,16,18H,7-14H2,1-2H3;2*(H,6,7)/t16-,18-;;/m0../s1. The quantitative estimate of drug-likeness (QED) is 0.519. The molecule has 0 aromatic heterocycles. The second kappa shape index (κ2) is 15.0. The van der Waals surface area contributed by atoms with Crippen molar-refractivity contribution in [1.29, 1.82) is 0 Å². The molecule has 1 aromatic carbocycles. The monoisotopic (exact) mass is 548 g/mol. The zero-order chi connectivity index (χ0) is 28.2. The van der Waals surface area contributed by atoms with Crippen LogP contribution in [0.5, 0.6) is 5.75 Å². The highest BCUT2D eigenvalue weighted by Crippen LogP contribution is 2.26. The van der Waals surface area contributed by atoms with Crippen molar-refractivity contribution in [3.63, 3.8) is 0 Å². The number of piperidine rings is 1. The lowest BCUT2D eigenvalue weighted by Gasteiger charge is -2.47. The lowest BCUT2D eigenvalue weighted by molar-refractivity contribution is -0.193. The first-order valence-corrected chi connectivity index (χ1v) is 11.0. The van der Waals surface area contributed by atoms with Crippen molar-refractivity contribution in [1.82, 2.24) is 9.80 Å². The maximum atomic E-state index is 10.6. The zero-order valence-corrected chi connectivity index (χ0v) is 20.2. The largest absolute Gasteiger partial charge is 0.496 e. The minimum atomic E-state index is -5.08. The average Bonchev–Trinajstić information content (AvgIpc) is 2.82. The molecule has 3 rings (SSSR count). The van der Waals surface area contributed by atoms with Crippen molar-refractivity contribution >= 4 is 11.9 Å². The number of alkyl halides is 6. The summed E-state index contributed by atoms with van der Waals surface area (Å²) in [6.45, 7) is 6.69. The van der Waals surface area contributed by atoms with E-state index in [0.29, 0.717) is 12.1 Å². The van der Waals surface area contributed by atoms with Gasteiger partial charge in [-0.25, -0.2) is 9.59 Å². The van der Waals surface area contributed by atoms with Crippen molar-refractivity contribution in [2.75, 3.05) is 53.6 Å². The van der Waals surface area contributed by atoms with E-state index in [-0.39, 0.29) is 0 Å². The zero-order valence-electron chi connectivity index (χ0n) is 20.2. The molecule has 1 aromatic rings. The third-order valence-corrected chi connectivity index (χ3v) is 5.44. The number of likely N-dealkylation sites (tertiary alicyclic amines) is 1. The topological polar surface area (TPSA) is 109 Å². The Labute approximate surface area is 209 Å². The Morgan fingerprint density at radius 1 is 1.03 bits per heavy atom. The van der Waals surface area contributed by atoms with Crippen LogP contribution in [-0.4, -0.2) is 110 Å². The SMILES string of the molecule is COCCN1CCO[C@H]2CCN(Cc3ccccc3OC)C[C@@H]21.O=C(O)C(F)(F)F.O=C(O)C(F)(F)F. The number of hydrogen-bond donors (Lipinski definition) is 2. The van der Waals surface area contributed by atoms with Gasteiger partial charge in [0.15, 0.2) is 0 Å². The fraction of sp³-hybridized carbons (Fsp3) is 0.636. The highest BCUT2D eigenvalue weighted by Gasteiger charge is 2.39. The van der Waals surface area contributed by atoms with E-state index in [1.54, 1.807) is 14.2 Å². The summed E-state index contributed by atoms with van der Waals surface area (Å²) >= 11 is 0. The fourth-order valence-corrected chi connectivity index (χ4v) is 3.71. The predicted octanol–water partition coefficient (Wildman–Crippen LogP) is 2.88. The molecule has 0 saturated carbocycles. The van der Waals surface area contributed by atoms with Crippen LogP contribution < -0.4 is 4.74 Å². The number of carboxylic acid groups (broad SMARTS) is 2. The van der Waals surface area contributed by atoms with E-state index in [4.69, 9.17) is 34.0 Å². The molecular weight excluding hydrogens is 518 g/mol. The Morgan fingerprint density at radius 3 is 2.11 bits per heavy atom. The average molecular weight is 548 g/mol. The van der Waals surface area contributed by atoms with Gasteiger partial charge in [-0.15, -0.1) is 0 Å². The van der Waals surface area contributed by atoms with Gasteiger partial charge in [0.1, 0.15) is 5.75 Å². The number of rotatable bonds is 6. The molecule has 2 heterocycles. The van der Waals surface area contributed by atoms with E-state index in [0.717, 1.165) is 58.1 Å². The summed E-state index contributed by atoms with van der Waals surface area (Å²) in [4.78, 5) is 22.8. The molecule has 0 aliphatic carbocycles. The first-order valence-electron chi connectivity index (χ1n) is 11.0. The Bertz CT molecular complexity index is 830. The summed E-state index contributed by atoms with van der Waals surface area (Å²) in [5.41, 5.74) is 1.26. The second-order valence-electron chi connectivity index (χ2n) is 7.95. The summed E-state index contributed by atoms with van der Waals surface area (Å²) in [5.74, 6) is -4.54. The number of nitrogens with zero attached hydrogens (tertiary/aromatic N) is 2. The molecule has 0 radical (unpaired) electrons. The number of hydrogen-bond acceptors (Lipinski definition) is 7. The summed E-state index contributed by atoms with van der Waals surface area (Å²) in [6, 6.07) is 8.78. The van der Waals surface area contributed by atoms with Gasteiger partial charge in [-0.2, -0.15) is 26.3 Å². The Morgan fingerprint density at radius 2 is 1.59 bits per heavy atom. The van der Waals surface area contributed by atoms with Crippen molar-refractivity contribution in [3.05, 3.63) is 29.8 Å². The summed E-state index contributed by atoms with van der Waals surface area (Å²) < 4.78 is 80.2. The second-order valence-corrected chi connectivity index (χ2v) is 7.95. The van der Waals surface area contributed by atoms with Gasteiger partial charge in [-0.3, -0.25) is 9.80 Å². The van der Waals surface area contributed by atoms with E-state index < -0.39 is 24.3 Å². The van der Waals surface area contributed by atoms with Gasteiger partial charge in [-0.05, 0) is 12.5 Å². The number of morpholine rings is 1. The molecule has 0 bridgehead atoms. The number of carbonyl (C=O) groups is 2. The van der Waals surface area contributed by atoms with Crippen LogP contribution >= 0.6 is 0 Å². The van der Waals surface area contributed by atoms with Crippen LogP contribution in [0.1, 0.15) is 12.0 Å². The number of halogens is 6. The lowest BCUT2D eigenvalue weighted by Crippen LogP contribution is -2.60. The number of para-hydroxylation sites is 1. The molecule has 37 heavy (non-hydrogen) atoms. The van der Waals surface area contributed by atoms with Gasteiger partial charge in [0.2, 0.25) is 0 Å². The molecule has 2 aliphatic heterocycles. The van der Waals surface area contributed by atoms with Crippen molar-refractivity contribution < 1.29 is 60.4 Å². The summed E-state index contributed by atoms with van der Waals surface area (Å²) in [6.07, 6.45) is -8.70. The molecular formula is C22H30F6N2O7. The van der Waals surface area contributed by atoms with Gasteiger partial charge in [-0.1, -0.05) is 18.2 Å². The van der Waals surface area contributed by atoms with Crippen LogP contribution in [0.3, 0.4) is 0 Å². The molecule has 2 aliphatic rings. The van der Waals surface area contributed by atoms with Crippen LogP contribution in [-0.2, 0) is 25.6 Å². The van der Waals surface area contributed by atoms with E-state index in [2.05, 4.69) is 21.9 Å². The van der Waals surface area contributed by atoms with Crippen LogP contribution in [0.4, 0.5) is 26.3 Å². The molecule has 9 nitrogen and oxygen atoms in total. The molecule has 0 spiro atoms. The number of benzene rings is 1. The third-order valence-electron chi connectivity index (χ3n) is 5.44. The van der Waals surface area contributed by atoms with Crippen LogP contribution in [0, 0.1) is 0 Å². The molecule has 2 saturated heterocycles.